The van der Waals surface area contributed by atoms with E-state index in [1.165, 1.54) is 13.2 Å². The van der Waals surface area contributed by atoms with Gasteiger partial charge in [0.1, 0.15) is 22.8 Å². The van der Waals surface area contributed by atoms with Crippen LogP contribution in [-0.2, 0) is 0 Å². The van der Waals surface area contributed by atoms with Gasteiger partial charge < -0.3 is 14.9 Å². The molecule has 17 heavy (non-hydrogen) atoms. The Hall–Kier alpha value is -1.71. The van der Waals surface area contributed by atoms with Crippen molar-refractivity contribution in [3.8, 4) is 17.2 Å². The quantitative estimate of drug-likeness (QED) is 0.791. The first-order valence-electron chi connectivity index (χ1n) is 5.51. The molecule has 0 aliphatic carbocycles. The number of phenolic OH excluding ortho intramolecular Hbond substituents is 2. The number of hydrogen-bond acceptors (Lipinski definition) is 4. The highest BCUT2D eigenvalue weighted by atomic mass is 16.5. The number of hydrogen-bond donors (Lipinski definition) is 2. The Morgan fingerprint density at radius 3 is 2.47 bits per heavy atom. The molecule has 4 nitrogen and oxygen atoms in total. The van der Waals surface area contributed by atoms with E-state index in [0.29, 0.717) is 11.3 Å². The van der Waals surface area contributed by atoms with Crippen LogP contribution in [0.25, 0.3) is 0 Å². The maximum Gasteiger partial charge on any atom is 0.170 e. The molecule has 1 aromatic rings. The van der Waals surface area contributed by atoms with E-state index in [0.717, 1.165) is 0 Å². The van der Waals surface area contributed by atoms with Crippen molar-refractivity contribution < 1.29 is 19.7 Å². The molecule has 1 rings (SSSR count). The summed E-state index contributed by atoms with van der Waals surface area (Å²) in [6.07, 6.45) is 0.285. The smallest absolute Gasteiger partial charge is 0.170 e. The lowest BCUT2D eigenvalue weighted by molar-refractivity contribution is 0.0962. The van der Waals surface area contributed by atoms with E-state index in [-0.39, 0.29) is 35.2 Å². The zero-order chi connectivity index (χ0) is 13.2. The normalized spacial score (nSPS) is 10.6. The lowest BCUT2D eigenvalue weighted by atomic mass is 9.97. The highest BCUT2D eigenvalue weighted by Crippen LogP contribution is 2.38. The second-order valence-corrected chi connectivity index (χ2v) is 4.47. The predicted octanol–water partition coefficient (Wildman–Crippen LogP) is 2.64. The minimum atomic E-state index is -0.263. The van der Waals surface area contributed by atoms with Crippen molar-refractivity contribution >= 4 is 5.78 Å². The predicted molar refractivity (Wildman–Crippen MR) is 64.8 cm³/mol. The van der Waals surface area contributed by atoms with Crippen molar-refractivity contribution in [2.24, 2.45) is 5.92 Å². The van der Waals surface area contributed by atoms with Crippen molar-refractivity contribution in [2.75, 3.05) is 7.11 Å². The van der Waals surface area contributed by atoms with E-state index in [2.05, 4.69) is 0 Å². The van der Waals surface area contributed by atoms with Crippen LogP contribution in [0.4, 0.5) is 0 Å². The van der Waals surface area contributed by atoms with Gasteiger partial charge in [-0.15, -0.1) is 0 Å². The van der Waals surface area contributed by atoms with Crippen LogP contribution >= 0.6 is 0 Å². The fraction of sp³-hybridized carbons (Fsp3) is 0.462. The number of ether oxygens (including phenoxy) is 1. The Balaban J connectivity index is 3.26. The molecule has 0 atom stereocenters. The maximum atomic E-state index is 11.9. The first kappa shape index (κ1) is 13.4. The molecule has 0 unspecified atom stereocenters. The van der Waals surface area contributed by atoms with Crippen molar-refractivity contribution in [1.29, 1.82) is 0 Å². The van der Waals surface area contributed by atoms with Crippen molar-refractivity contribution in [3.63, 3.8) is 0 Å². The summed E-state index contributed by atoms with van der Waals surface area (Å²) < 4.78 is 4.99. The SMILES string of the molecule is COc1cc(O)c(C(=O)CC(C)C)c(O)c1C. The van der Waals surface area contributed by atoms with E-state index in [1.807, 2.05) is 13.8 Å². The molecular weight excluding hydrogens is 220 g/mol. The lowest BCUT2D eigenvalue weighted by Crippen LogP contribution is -2.05. The van der Waals surface area contributed by atoms with Crippen LogP contribution in [0.3, 0.4) is 0 Å². The molecule has 0 fully saturated rings. The van der Waals surface area contributed by atoms with Gasteiger partial charge in [-0.2, -0.15) is 0 Å². The molecule has 4 heteroatoms. The van der Waals surface area contributed by atoms with Gasteiger partial charge in [-0.3, -0.25) is 4.79 Å². The second-order valence-electron chi connectivity index (χ2n) is 4.47. The molecule has 0 amide bonds. The van der Waals surface area contributed by atoms with Gasteiger partial charge in [0.15, 0.2) is 5.78 Å². The maximum absolute atomic E-state index is 11.9. The van der Waals surface area contributed by atoms with Crippen molar-refractivity contribution in [1.82, 2.24) is 0 Å². The minimum absolute atomic E-state index is 0.0167. The molecular formula is C13H18O4. The first-order chi connectivity index (χ1) is 7.88. The molecule has 0 saturated heterocycles. The van der Waals surface area contributed by atoms with Gasteiger partial charge in [-0.05, 0) is 12.8 Å². The van der Waals surface area contributed by atoms with E-state index in [9.17, 15) is 15.0 Å². The molecule has 0 heterocycles. The summed E-state index contributed by atoms with van der Waals surface area (Å²) in [6, 6.07) is 1.35. The van der Waals surface area contributed by atoms with E-state index in [1.54, 1.807) is 6.92 Å². The highest BCUT2D eigenvalue weighted by Gasteiger charge is 2.21. The number of carbonyl (C=O) groups excluding carboxylic acids is 1. The number of carbonyl (C=O) groups is 1. The fourth-order valence-corrected chi connectivity index (χ4v) is 1.69. The minimum Gasteiger partial charge on any atom is -0.507 e. The molecule has 1 aromatic carbocycles. The highest BCUT2D eigenvalue weighted by molar-refractivity contribution is 6.02. The fourth-order valence-electron chi connectivity index (χ4n) is 1.69. The lowest BCUT2D eigenvalue weighted by Gasteiger charge is -2.13. The van der Waals surface area contributed by atoms with Gasteiger partial charge >= 0.3 is 0 Å². The monoisotopic (exact) mass is 238 g/mol. The molecule has 0 radical (unpaired) electrons. The van der Waals surface area contributed by atoms with Gasteiger partial charge in [0, 0.05) is 18.1 Å². The molecule has 0 aliphatic rings. The van der Waals surface area contributed by atoms with Gasteiger partial charge in [0.2, 0.25) is 0 Å². The number of ketones is 1. The van der Waals surface area contributed by atoms with Crippen LogP contribution < -0.4 is 4.74 Å². The van der Waals surface area contributed by atoms with Crippen molar-refractivity contribution in [3.05, 3.63) is 17.2 Å². The molecule has 0 aliphatic heterocycles. The number of benzene rings is 1. The molecule has 2 N–H and O–H groups in total. The van der Waals surface area contributed by atoms with Gasteiger partial charge in [-0.1, -0.05) is 13.8 Å². The average molecular weight is 238 g/mol. The summed E-state index contributed by atoms with van der Waals surface area (Å²) in [6.45, 7) is 5.45. The summed E-state index contributed by atoms with van der Waals surface area (Å²) in [5.74, 6) is -0.173. The van der Waals surface area contributed by atoms with E-state index >= 15 is 0 Å². The van der Waals surface area contributed by atoms with Crippen LogP contribution in [-0.4, -0.2) is 23.1 Å². The Kier molecular flexibility index (Phi) is 3.99. The number of methoxy groups -OCH3 is 1. The third kappa shape index (κ3) is 2.70. The van der Waals surface area contributed by atoms with Crippen LogP contribution in [0, 0.1) is 12.8 Å². The standard InChI is InChI=1S/C13H18O4/c1-7(2)5-9(14)12-10(15)6-11(17-4)8(3)13(12)16/h6-7,15-16H,5H2,1-4H3. The Labute approximate surface area is 101 Å². The zero-order valence-corrected chi connectivity index (χ0v) is 10.6. The third-order valence-electron chi connectivity index (χ3n) is 2.58. The van der Waals surface area contributed by atoms with E-state index < -0.39 is 0 Å². The molecule has 0 bridgehead atoms. The summed E-state index contributed by atoms with van der Waals surface area (Å²) >= 11 is 0. The number of phenols is 2. The van der Waals surface area contributed by atoms with Crippen LogP contribution in [0.5, 0.6) is 17.2 Å². The summed E-state index contributed by atoms with van der Waals surface area (Å²) in [7, 11) is 1.44. The van der Waals surface area contributed by atoms with Crippen LogP contribution in [0.1, 0.15) is 36.2 Å². The second kappa shape index (κ2) is 5.08. The number of Topliss-reactive ketones (excluding diaryl/α,β-unsaturated/α-hetero) is 1. The summed E-state index contributed by atoms with van der Waals surface area (Å²) in [4.78, 5) is 11.9. The van der Waals surface area contributed by atoms with Crippen molar-refractivity contribution in [2.45, 2.75) is 27.2 Å². The topological polar surface area (TPSA) is 66.8 Å². The third-order valence-corrected chi connectivity index (χ3v) is 2.58. The largest absolute Gasteiger partial charge is 0.507 e. The molecule has 94 valence electrons. The van der Waals surface area contributed by atoms with E-state index in [4.69, 9.17) is 4.74 Å². The Morgan fingerprint density at radius 1 is 1.41 bits per heavy atom. The summed E-state index contributed by atoms with van der Waals surface area (Å²) in [5.41, 5.74) is 0.439. The molecule has 0 spiro atoms. The number of aromatic hydroxyl groups is 2. The first-order valence-corrected chi connectivity index (χ1v) is 5.51. The van der Waals surface area contributed by atoms with Gasteiger partial charge in [0.25, 0.3) is 0 Å². The number of rotatable bonds is 4. The molecule has 0 saturated carbocycles. The zero-order valence-electron chi connectivity index (χ0n) is 10.6. The molecule has 0 aromatic heterocycles. The summed E-state index contributed by atoms with van der Waals surface area (Å²) in [5, 5.41) is 19.7. The van der Waals surface area contributed by atoms with Gasteiger partial charge in [-0.25, -0.2) is 0 Å². The van der Waals surface area contributed by atoms with Crippen LogP contribution in [0.15, 0.2) is 6.07 Å². The Bertz CT molecular complexity index is 436. The average Bonchev–Trinajstić information content (AvgIpc) is 2.22. The Morgan fingerprint density at radius 2 is 2.00 bits per heavy atom. The van der Waals surface area contributed by atoms with Gasteiger partial charge in [0.05, 0.1) is 7.11 Å². The van der Waals surface area contributed by atoms with Crippen LogP contribution in [0.2, 0.25) is 0 Å².